The number of amides is 2. The number of fused-ring (bicyclic) bond motifs is 1. The maximum Gasteiger partial charge on any atom is 0.229 e. The smallest absolute Gasteiger partial charge is 0.229 e. The molecule has 2 aromatic heterocycles. The Morgan fingerprint density at radius 1 is 1.13 bits per heavy atom. The van der Waals surface area contributed by atoms with Gasteiger partial charge in [-0.2, -0.15) is 0 Å². The van der Waals surface area contributed by atoms with Crippen molar-refractivity contribution in [2.75, 3.05) is 29.9 Å². The van der Waals surface area contributed by atoms with Crippen LogP contribution in [-0.4, -0.2) is 41.3 Å². The minimum Gasteiger partial charge on any atom is -0.467 e. The maximum absolute atomic E-state index is 13.0. The quantitative estimate of drug-likeness (QED) is 0.682. The summed E-state index contributed by atoms with van der Waals surface area (Å²) in [5, 5.41) is 5.08. The van der Waals surface area contributed by atoms with Gasteiger partial charge in [0.15, 0.2) is 0 Å². The van der Waals surface area contributed by atoms with E-state index in [4.69, 9.17) is 4.42 Å². The molecule has 2 aliphatic heterocycles. The SMILES string of the molecule is O=C(Nc1ccc(N2CCCCC2)c2ccncc12)[C@H]1CC(=O)N(Cc2ccco2)C1. The van der Waals surface area contributed by atoms with Crippen molar-refractivity contribution < 1.29 is 14.0 Å². The van der Waals surface area contributed by atoms with Crippen LogP contribution in [0.2, 0.25) is 0 Å². The first-order chi connectivity index (χ1) is 15.2. The summed E-state index contributed by atoms with van der Waals surface area (Å²) in [6.45, 7) is 2.90. The third-order valence-electron chi connectivity index (χ3n) is 6.26. The van der Waals surface area contributed by atoms with E-state index in [1.54, 1.807) is 29.6 Å². The lowest BCUT2D eigenvalue weighted by atomic mass is 10.0. The Kier molecular flexibility index (Phi) is 5.32. The Labute approximate surface area is 181 Å². The van der Waals surface area contributed by atoms with Crippen LogP contribution in [0.3, 0.4) is 0 Å². The van der Waals surface area contributed by atoms with E-state index >= 15 is 0 Å². The zero-order valence-corrected chi connectivity index (χ0v) is 17.4. The number of anilines is 2. The number of rotatable bonds is 5. The summed E-state index contributed by atoms with van der Waals surface area (Å²) in [5.41, 5.74) is 1.93. The molecule has 1 aromatic carbocycles. The van der Waals surface area contributed by atoms with Crippen molar-refractivity contribution >= 4 is 34.0 Å². The van der Waals surface area contributed by atoms with Gasteiger partial charge in [-0.15, -0.1) is 0 Å². The number of aromatic nitrogens is 1. The maximum atomic E-state index is 13.0. The average molecular weight is 418 g/mol. The van der Waals surface area contributed by atoms with Gasteiger partial charge in [0.2, 0.25) is 11.8 Å². The van der Waals surface area contributed by atoms with Gasteiger partial charge in [-0.25, -0.2) is 0 Å². The molecule has 0 spiro atoms. The van der Waals surface area contributed by atoms with E-state index in [0.717, 1.165) is 35.3 Å². The van der Waals surface area contributed by atoms with Crippen LogP contribution in [-0.2, 0) is 16.1 Å². The molecule has 0 unspecified atom stereocenters. The molecule has 7 heteroatoms. The topological polar surface area (TPSA) is 78.7 Å². The molecule has 0 saturated carbocycles. The number of furan rings is 1. The molecule has 3 aromatic rings. The van der Waals surface area contributed by atoms with Crippen LogP contribution in [0.4, 0.5) is 11.4 Å². The monoisotopic (exact) mass is 418 g/mol. The second-order valence-electron chi connectivity index (χ2n) is 8.35. The summed E-state index contributed by atoms with van der Waals surface area (Å²) >= 11 is 0. The van der Waals surface area contributed by atoms with E-state index < -0.39 is 0 Å². The normalized spacial score (nSPS) is 19.2. The molecule has 2 saturated heterocycles. The van der Waals surface area contributed by atoms with Gasteiger partial charge in [0.1, 0.15) is 5.76 Å². The molecule has 7 nitrogen and oxygen atoms in total. The van der Waals surface area contributed by atoms with Crippen molar-refractivity contribution in [3.8, 4) is 0 Å². The summed E-state index contributed by atoms with van der Waals surface area (Å²) < 4.78 is 5.34. The summed E-state index contributed by atoms with van der Waals surface area (Å²) in [6, 6.07) is 9.70. The molecule has 5 rings (SSSR count). The van der Waals surface area contributed by atoms with Crippen molar-refractivity contribution in [2.24, 2.45) is 5.92 Å². The van der Waals surface area contributed by atoms with Crippen LogP contribution in [0.1, 0.15) is 31.4 Å². The summed E-state index contributed by atoms with van der Waals surface area (Å²) in [7, 11) is 0. The van der Waals surface area contributed by atoms with Gasteiger partial charge < -0.3 is 19.5 Å². The Morgan fingerprint density at radius 3 is 2.81 bits per heavy atom. The number of nitrogens with one attached hydrogen (secondary N) is 1. The zero-order chi connectivity index (χ0) is 21.2. The molecule has 0 aliphatic carbocycles. The van der Waals surface area contributed by atoms with Gasteiger partial charge in [0, 0.05) is 54.9 Å². The minimum absolute atomic E-state index is 0.0245. The van der Waals surface area contributed by atoms with E-state index in [0.29, 0.717) is 13.1 Å². The Hall–Kier alpha value is -3.35. The molecule has 31 heavy (non-hydrogen) atoms. The summed E-state index contributed by atoms with van der Waals surface area (Å²) in [6.07, 6.45) is 9.10. The molecule has 1 atom stereocenters. The Balaban J connectivity index is 1.33. The zero-order valence-electron chi connectivity index (χ0n) is 17.4. The van der Waals surface area contributed by atoms with E-state index in [9.17, 15) is 9.59 Å². The fourth-order valence-corrected chi connectivity index (χ4v) is 4.62. The summed E-state index contributed by atoms with van der Waals surface area (Å²) in [4.78, 5) is 33.8. The first-order valence-electron chi connectivity index (χ1n) is 10.9. The minimum atomic E-state index is -0.379. The van der Waals surface area contributed by atoms with Gasteiger partial charge >= 0.3 is 0 Å². The highest BCUT2D eigenvalue weighted by atomic mass is 16.3. The van der Waals surface area contributed by atoms with Crippen molar-refractivity contribution in [1.82, 2.24) is 9.88 Å². The number of hydrogen-bond donors (Lipinski definition) is 1. The fourth-order valence-electron chi connectivity index (χ4n) is 4.62. The molecule has 2 fully saturated rings. The van der Waals surface area contributed by atoms with Gasteiger partial charge in [-0.1, -0.05) is 0 Å². The Morgan fingerprint density at radius 2 is 2.00 bits per heavy atom. The predicted octanol–water partition coefficient (Wildman–Crippen LogP) is 3.81. The molecule has 4 heterocycles. The van der Waals surface area contributed by atoms with Crippen LogP contribution in [0.5, 0.6) is 0 Å². The number of pyridine rings is 1. The molecule has 2 aliphatic rings. The highest BCUT2D eigenvalue weighted by Crippen LogP contribution is 2.34. The van der Waals surface area contributed by atoms with Crippen LogP contribution in [0.15, 0.2) is 53.4 Å². The third-order valence-corrected chi connectivity index (χ3v) is 6.26. The second kappa shape index (κ2) is 8.41. The van der Waals surface area contributed by atoms with Gasteiger partial charge in [-0.3, -0.25) is 14.6 Å². The first kappa shape index (κ1) is 19.6. The van der Waals surface area contributed by atoms with Crippen molar-refractivity contribution in [3.63, 3.8) is 0 Å². The lowest BCUT2D eigenvalue weighted by Gasteiger charge is -2.30. The molecule has 0 bridgehead atoms. The number of nitrogens with zero attached hydrogens (tertiary/aromatic N) is 3. The van der Waals surface area contributed by atoms with E-state index in [1.807, 2.05) is 18.2 Å². The number of likely N-dealkylation sites (tertiary alicyclic amines) is 1. The standard InChI is InChI=1S/C24H26N4O3/c29-23-13-17(15-28(23)16-18-5-4-12-31-18)24(30)26-21-6-7-22(27-10-2-1-3-11-27)19-8-9-25-14-20(19)21/h4-9,12,14,17H,1-3,10-11,13,15-16H2,(H,26,30)/t17-/m0/s1. The predicted molar refractivity (Wildman–Crippen MR) is 119 cm³/mol. The number of carbonyl (C=O) groups is 2. The van der Waals surface area contributed by atoms with E-state index in [-0.39, 0.29) is 24.2 Å². The molecule has 2 amide bonds. The molecule has 0 radical (unpaired) electrons. The van der Waals surface area contributed by atoms with Crippen molar-refractivity contribution in [2.45, 2.75) is 32.2 Å². The van der Waals surface area contributed by atoms with Crippen LogP contribution in [0, 0.1) is 5.92 Å². The molecular formula is C24H26N4O3. The number of carbonyl (C=O) groups excluding carboxylic acids is 2. The Bertz CT molecular complexity index is 1090. The van der Waals surface area contributed by atoms with Crippen LogP contribution >= 0.6 is 0 Å². The molecule has 1 N–H and O–H groups in total. The lowest BCUT2D eigenvalue weighted by Crippen LogP contribution is -2.29. The summed E-state index contributed by atoms with van der Waals surface area (Å²) in [5.74, 6) is 0.186. The average Bonchev–Trinajstić information content (AvgIpc) is 3.45. The number of hydrogen-bond acceptors (Lipinski definition) is 5. The van der Waals surface area contributed by atoms with E-state index in [2.05, 4.69) is 21.3 Å². The van der Waals surface area contributed by atoms with E-state index in [1.165, 1.54) is 24.9 Å². The van der Waals surface area contributed by atoms with Crippen molar-refractivity contribution in [1.29, 1.82) is 0 Å². The van der Waals surface area contributed by atoms with Crippen LogP contribution < -0.4 is 10.2 Å². The van der Waals surface area contributed by atoms with Gasteiger partial charge in [0.05, 0.1) is 24.4 Å². The largest absolute Gasteiger partial charge is 0.467 e. The molecule has 160 valence electrons. The van der Waals surface area contributed by atoms with Crippen molar-refractivity contribution in [3.05, 3.63) is 54.7 Å². The highest BCUT2D eigenvalue weighted by Gasteiger charge is 2.35. The first-order valence-corrected chi connectivity index (χ1v) is 10.9. The lowest BCUT2D eigenvalue weighted by molar-refractivity contribution is -0.128. The van der Waals surface area contributed by atoms with Gasteiger partial charge in [-0.05, 0) is 49.6 Å². The highest BCUT2D eigenvalue weighted by molar-refractivity contribution is 6.07. The number of piperidine rings is 1. The third kappa shape index (κ3) is 4.00. The van der Waals surface area contributed by atoms with Gasteiger partial charge in [0.25, 0.3) is 0 Å². The fraction of sp³-hybridized carbons (Fsp3) is 0.375. The number of benzene rings is 1. The second-order valence-corrected chi connectivity index (χ2v) is 8.35. The van der Waals surface area contributed by atoms with Crippen LogP contribution in [0.25, 0.3) is 10.8 Å². The molecular weight excluding hydrogens is 392 g/mol.